The van der Waals surface area contributed by atoms with Gasteiger partial charge in [0.05, 0.1) is 18.5 Å². The van der Waals surface area contributed by atoms with E-state index in [1.807, 2.05) is 53.1 Å². The summed E-state index contributed by atoms with van der Waals surface area (Å²) in [5.74, 6) is 0.775. The van der Waals surface area contributed by atoms with Gasteiger partial charge < -0.3 is 9.64 Å². The molecule has 37 heavy (non-hydrogen) atoms. The van der Waals surface area contributed by atoms with Gasteiger partial charge in [-0.1, -0.05) is 43.3 Å². The Labute approximate surface area is 214 Å². The van der Waals surface area contributed by atoms with Crippen molar-refractivity contribution < 1.29 is 14.3 Å². The quantitative estimate of drug-likeness (QED) is 0.404. The molecule has 10 heteroatoms. The Balaban J connectivity index is 1.66. The van der Waals surface area contributed by atoms with E-state index in [0.29, 0.717) is 24.5 Å². The van der Waals surface area contributed by atoms with Gasteiger partial charge in [0.25, 0.3) is 0 Å². The fourth-order valence-electron chi connectivity index (χ4n) is 5.31. The van der Waals surface area contributed by atoms with Gasteiger partial charge in [-0.3, -0.25) is 9.36 Å². The number of carbonyl (C=O) groups excluding carboxylic acids is 2. The van der Waals surface area contributed by atoms with Gasteiger partial charge in [-0.15, -0.1) is 5.10 Å². The Morgan fingerprint density at radius 1 is 1.11 bits per heavy atom. The van der Waals surface area contributed by atoms with E-state index in [1.54, 1.807) is 11.8 Å². The molecular formula is C27H29N7O3. The molecule has 5 rings (SSSR count). The SMILES string of the molecule is CCCc1nc2c(n1-c1ccc(-c3ccccc3-c3nnn[nH]3)cc1)C(C)(C(=O)OC)N(C(C)=O)CC2. The summed E-state index contributed by atoms with van der Waals surface area (Å²) in [6.45, 7) is 5.73. The lowest BCUT2D eigenvalue weighted by Gasteiger charge is -2.42. The van der Waals surface area contributed by atoms with Crippen LogP contribution in [0.2, 0.25) is 0 Å². The standard InChI is InChI=1S/C27H29N7O3/c1-5-8-23-28-22-15-16-33(17(2)35)27(3,26(36)37-4)24(22)34(23)19-13-11-18(12-14-19)20-9-6-7-10-21(20)25-29-31-32-30-25/h6-7,9-14H,5,8,15-16H2,1-4H3,(H,29,30,31,32). The van der Waals surface area contributed by atoms with Crippen LogP contribution in [0.25, 0.3) is 28.2 Å². The average Bonchev–Trinajstić information content (AvgIpc) is 3.57. The van der Waals surface area contributed by atoms with Crippen molar-refractivity contribution in [2.75, 3.05) is 13.7 Å². The molecule has 0 bridgehead atoms. The third kappa shape index (κ3) is 3.98. The molecule has 0 saturated heterocycles. The number of nitrogens with zero attached hydrogens (tertiary/aromatic N) is 6. The summed E-state index contributed by atoms with van der Waals surface area (Å²) in [6, 6.07) is 16.0. The number of tetrazole rings is 1. The molecule has 0 aliphatic carbocycles. The molecule has 190 valence electrons. The monoisotopic (exact) mass is 499 g/mol. The molecule has 4 aromatic rings. The van der Waals surface area contributed by atoms with Crippen LogP contribution in [0.5, 0.6) is 0 Å². The van der Waals surface area contributed by atoms with Crippen molar-refractivity contribution in [2.24, 2.45) is 0 Å². The summed E-state index contributed by atoms with van der Waals surface area (Å²) < 4.78 is 7.25. The van der Waals surface area contributed by atoms with Crippen LogP contribution in [0.1, 0.15) is 44.4 Å². The second-order valence-corrected chi connectivity index (χ2v) is 9.24. The number of methoxy groups -OCH3 is 1. The van der Waals surface area contributed by atoms with Crippen LogP contribution in [-0.4, -0.2) is 60.6 Å². The first-order valence-corrected chi connectivity index (χ1v) is 12.3. The van der Waals surface area contributed by atoms with E-state index in [0.717, 1.165) is 46.7 Å². The Morgan fingerprint density at radius 3 is 2.46 bits per heavy atom. The highest BCUT2D eigenvalue weighted by Crippen LogP contribution is 2.39. The lowest BCUT2D eigenvalue weighted by atomic mass is 9.88. The van der Waals surface area contributed by atoms with Gasteiger partial charge in [0, 0.05) is 37.6 Å². The Morgan fingerprint density at radius 2 is 1.84 bits per heavy atom. The van der Waals surface area contributed by atoms with E-state index < -0.39 is 11.5 Å². The summed E-state index contributed by atoms with van der Waals surface area (Å²) >= 11 is 0. The first-order valence-electron chi connectivity index (χ1n) is 12.3. The fraction of sp³-hybridized carbons (Fsp3) is 0.333. The summed E-state index contributed by atoms with van der Waals surface area (Å²) in [4.78, 5) is 32.4. The molecule has 0 radical (unpaired) electrons. The number of H-pyrrole nitrogens is 1. The zero-order chi connectivity index (χ0) is 26.2. The van der Waals surface area contributed by atoms with Crippen LogP contribution in [-0.2, 0) is 32.7 Å². The first-order chi connectivity index (χ1) is 17.9. The number of hydrogen-bond donors (Lipinski definition) is 1. The number of esters is 1. The minimum absolute atomic E-state index is 0.183. The summed E-state index contributed by atoms with van der Waals surface area (Å²) in [5.41, 5.74) is 3.94. The molecule has 0 spiro atoms. The van der Waals surface area contributed by atoms with Crippen LogP contribution in [0, 0.1) is 0 Å². The molecule has 2 aromatic carbocycles. The van der Waals surface area contributed by atoms with E-state index in [1.165, 1.54) is 14.0 Å². The number of amides is 1. The number of fused-ring (bicyclic) bond motifs is 1. The third-order valence-corrected chi connectivity index (χ3v) is 6.99. The summed E-state index contributed by atoms with van der Waals surface area (Å²) in [7, 11) is 1.35. The fourth-order valence-corrected chi connectivity index (χ4v) is 5.31. The molecule has 1 aliphatic rings. The summed E-state index contributed by atoms with van der Waals surface area (Å²) in [5, 5.41) is 14.3. The molecule has 10 nitrogen and oxygen atoms in total. The van der Waals surface area contributed by atoms with Crippen molar-refractivity contribution >= 4 is 11.9 Å². The maximum absolute atomic E-state index is 13.2. The maximum Gasteiger partial charge on any atom is 0.337 e. The molecule has 2 aromatic heterocycles. The number of benzene rings is 2. The normalized spacial score (nSPS) is 16.9. The number of aromatic amines is 1. The number of hydrogen-bond acceptors (Lipinski definition) is 7. The third-order valence-electron chi connectivity index (χ3n) is 6.99. The predicted molar refractivity (Wildman–Crippen MR) is 137 cm³/mol. The Kier molecular flexibility index (Phi) is 6.32. The number of nitrogens with one attached hydrogen (secondary N) is 1. The Hall–Kier alpha value is -4.34. The second-order valence-electron chi connectivity index (χ2n) is 9.24. The zero-order valence-electron chi connectivity index (χ0n) is 21.4. The highest BCUT2D eigenvalue weighted by Gasteiger charge is 2.51. The topological polar surface area (TPSA) is 119 Å². The maximum atomic E-state index is 13.2. The van der Waals surface area contributed by atoms with E-state index in [4.69, 9.17) is 9.72 Å². The predicted octanol–water partition coefficient (Wildman–Crippen LogP) is 3.46. The van der Waals surface area contributed by atoms with Crippen molar-refractivity contribution in [1.29, 1.82) is 0 Å². The molecular weight excluding hydrogens is 470 g/mol. The summed E-state index contributed by atoms with van der Waals surface area (Å²) in [6.07, 6.45) is 2.19. The van der Waals surface area contributed by atoms with Gasteiger partial charge in [0.2, 0.25) is 5.91 Å². The van der Waals surface area contributed by atoms with Gasteiger partial charge in [-0.25, -0.2) is 14.9 Å². The largest absolute Gasteiger partial charge is 0.467 e. The molecule has 1 aliphatic heterocycles. The highest BCUT2D eigenvalue weighted by atomic mass is 16.5. The zero-order valence-corrected chi connectivity index (χ0v) is 21.4. The van der Waals surface area contributed by atoms with Gasteiger partial charge in [0.15, 0.2) is 11.4 Å². The van der Waals surface area contributed by atoms with Crippen molar-refractivity contribution in [3.63, 3.8) is 0 Å². The minimum Gasteiger partial charge on any atom is -0.467 e. The first kappa shape index (κ1) is 24.4. The second kappa shape index (κ2) is 9.61. The number of imidazole rings is 1. The van der Waals surface area contributed by atoms with Crippen LogP contribution in [0.15, 0.2) is 48.5 Å². The van der Waals surface area contributed by atoms with Crippen LogP contribution < -0.4 is 0 Å². The number of aryl methyl sites for hydroxylation is 1. The molecule has 0 saturated carbocycles. The van der Waals surface area contributed by atoms with Gasteiger partial charge >= 0.3 is 5.97 Å². The molecule has 1 N–H and O–H groups in total. The van der Waals surface area contributed by atoms with Gasteiger partial charge in [0.1, 0.15) is 5.82 Å². The number of carbonyl (C=O) groups is 2. The highest BCUT2D eigenvalue weighted by molar-refractivity contribution is 5.89. The van der Waals surface area contributed by atoms with Crippen molar-refractivity contribution in [3.8, 4) is 28.2 Å². The number of rotatable bonds is 6. The molecule has 1 unspecified atom stereocenters. The Bertz CT molecular complexity index is 1440. The van der Waals surface area contributed by atoms with Gasteiger partial charge in [-0.05, 0) is 47.0 Å². The van der Waals surface area contributed by atoms with Gasteiger partial charge in [-0.2, -0.15) is 0 Å². The molecule has 0 fully saturated rings. The average molecular weight is 500 g/mol. The van der Waals surface area contributed by atoms with Crippen molar-refractivity contribution in [2.45, 2.75) is 45.6 Å². The van der Waals surface area contributed by atoms with E-state index in [2.05, 4.69) is 27.5 Å². The lowest BCUT2D eigenvalue weighted by molar-refractivity contribution is -0.162. The van der Waals surface area contributed by atoms with Crippen molar-refractivity contribution in [1.82, 2.24) is 35.1 Å². The molecule has 1 atom stereocenters. The smallest absolute Gasteiger partial charge is 0.337 e. The van der Waals surface area contributed by atoms with Crippen molar-refractivity contribution in [3.05, 3.63) is 65.7 Å². The molecule has 3 heterocycles. The minimum atomic E-state index is -1.29. The van der Waals surface area contributed by atoms with Crippen LogP contribution >= 0.6 is 0 Å². The van der Waals surface area contributed by atoms with Crippen LogP contribution in [0.4, 0.5) is 0 Å². The van der Waals surface area contributed by atoms with E-state index >= 15 is 0 Å². The molecule has 1 amide bonds. The number of ether oxygens (including phenoxy) is 1. The van der Waals surface area contributed by atoms with Crippen LogP contribution in [0.3, 0.4) is 0 Å². The van der Waals surface area contributed by atoms with E-state index in [-0.39, 0.29) is 5.91 Å². The lowest BCUT2D eigenvalue weighted by Crippen LogP contribution is -2.56. The van der Waals surface area contributed by atoms with E-state index in [9.17, 15) is 9.59 Å². The number of aromatic nitrogens is 6.